The number of phenols is 4. The SMILES string of the molecule is C=CNc1nc(-c2ccc(O)c(O)c2)c(-c2ccc(O)c(O)c2)nc1C(N)=NC. The van der Waals surface area contributed by atoms with Crippen molar-refractivity contribution in [3.05, 3.63) is 54.9 Å². The lowest BCUT2D eigenvalue weighted by atomic mass is 10.0. The van der Waals surface area contributed by atoms with Gasteiger partial charge in [0, 0.05) is 18.2 Å². The van der Waals surface area contributed by atoms with Crippen LogP contribution in [0.15, 0.2) is 54.2 Å². The third kappa shape index (κ3) is 3.74. The summed E-state index contributed by atoms with van der Waals surface area (Å²) in [6.07, 6.45) is 1.40. The number of anilines is 1. The van der Waals surface area contributed by atoms with E-state index in [9.17, 15) is 20.4 Å². The van der Waals surface area contributed by atoms with E-state index in [1.807, 2.05) is 0 Å². The molecule has 0 aliphatic carbocycles. The van der Waals surface area contributed by atoms with Gasteiger partial charge in [-0.1, -0.05) is 6.58 Å². The molecular formula is C20H19N5O4. The minimum absolute atomic E-state index is 0.117. The van der Waals surface area contributed by atoms with Crippen LogP contribution in [-0.2, 0) is 0 Å². The molecule has 0 unspecified atom stereocenters. The molecule has 7 N–H and O–H groups in total. The largest absolute Gasteiger partial charge is 0.504 e. The second-order valence-electron chi connectivity index (χ2n) is 5.98. The molecule has 0 amide bonds. The highest BCUT2D eigenvalue weighted by Gasteiger charge is 2.20. The second-order valence-corrected chi connectivity index (χ2v) is 5.98. The van der Waals surface area contributed by atoms with Crippen LogP contribution in [0.5, 0.6) is 23.0 Å². The number of nitrogens with two attached hydrogens (primary N) is 1. The third-order valence-electron chi connectivity index (χ3n) is 4.12. The molecule has 1 aromatic heterocycles. The van der Waals surface area contributed by atoms with Gasteiger partial charge in [-0.15, -0.1) is 0 Å². The van der Waals surface area contributed by atoms with Gasteiger partial charge in [0.2, 0.25) is 0 Å². The van der Waals surface area contributed by atoms with E-state index in [0.29, 0.717) is 22.5 Å². The van der Waals surface area contributed by atoms with Crippen LogP contribution >= 0.6 is 0 Å². The molecule has 0 aliphatic rings. The van der Waals surface area contributed by atoms with Crippen LogP contribution in [0.3, 0.4) is 0 Å². The summed E-state index contributed by atoms with van der Waals surface area (Å²) in [6.45, 7) is 3.62. The van der Waals surface area contributed by atoms with E-state index in [1.54, 1.807) is 12.1 Å². The molecule has 0 fully saturated rings. The summed E-state index contributed by atoms with van der Waals surface area (Å²) in [5.41, 5.74) is 7.73. The number of amidine groups is 1. The maximum Gasteiger partial charge on any atom is 0.160 e. The summed E-state index contributed by atoms with van der Waals surface area (Å²) in [4.78, 5) is 13.1. The number of phenolic OH excluding ortho intramolecular Hbond substituents is 4. The number of nitrogens with one attached hydrogen (secondary N) is 1. The lowest BCUT2D eigenvalue weighted by Crippen LogP contribution is -2.19. The summed E-state index contributed by atoms with van der Waals surface area (Å²) in [5, 5.41) is 41.9. The molecule has 0 saturated heterocycles. The number of hydrogen-bond acceptors (Lipinski definition) is 8. The van der Waals surface area contributed by atoms with Crippen molar-refractivity contribution in [3.63, 3.8) is 0 Å². The summed E-state index contributed by atoms with van der Waals surface area (Å²) in [6, 6.07) is 8.40. The number of aliphatic imine (C=N–C) groups is 1. The quantitative estimate of drug-likeness (QED) is 0.219. The van der Waals surface area contributed by atoms with E-state index in [-0.39, 0.29) is 40.3 Å². The fourth-order valence-electron chi connectivity index (χ4n) is 2.66. The first-order valence-electron chi connectivity index (χ1n) is 8.42. The maximum atomic E-state index is 9.92. The topological polar surface area (TPSA) is 157 Å². The van der Waals surface area contributed by atoms with Gasteiger partial charge in [-0.2, -0.15) is 0 Å². The zero-order valence-electron chi connectivity index (χ0n) is 15.5. The number of rotatable bonds is 5. The van der Waals surface area contributed by atoms with Crippen LogP contribution in [0, 0.1) is 0 Å². The minimum atomic E-state index is -0.337. The first-order chi connectivity index (χ1) is 13.8. The molecule has 0 aliphatic heterocycles. The Balaban J connectivity index is 2.36. The van der Waals surface area contributed by atoms with Crippen LogP contribution in [0.2, 0.25) is 0 Å². The lowest BCUT2D eigenvalue weighted by molar-refractivity contribution is 0.404. The van der Waals surface area contributed by atoms with Crippen LogP contribution < -0.4 is 11.1 Å². The van der Waals surface area contributed by atoms with Crippen molar-refractivity contribution in [2.75, 3.05) is 12.4 Å². The molecule has 9 heteroatoms. The number of aromatic nitrogens is 2. The molecule has 1 heterocycles. The number of aromatic hydroxyl groups is 4. The Morgan fingerprint density at radius 2 is 1.45 bits per heavy atom. The lowest BCUT2D eigenvalue weighted by Gasteiger charge is -2.15. The molecule has 29 heavy (non-hydrogen) atoms. The fourth-order valence-corrected chi connectivity index (χ4v) is 2.66. The third-order valence-corrected chi connectivity index (χ3v) is 4.12. The average Bonchev–Trinajstić information content (AvgIpc) is 2.71. The van der Waals surface area contributed by atoms with E-state index < -0.39 is 0 Å². The Morgan fingerprint density at radius 1 is 0.931 bits per heavy atom. The molecule has 148 valence electrons. The number of nitrogens with zero attached hydrogens (tertiary/aromatic N) is 3. The van der Waals surface area contributed by atoms with Gasteiger partial charge in [-0.25, -0.2) is 9.97 Å². The molecule has 0 spiro atoms. The first kappa shape index (κ1) is 19.5. The zero-order valence-corrected chi connectivity index (χ0v) is 15.5. The van der Waals surface area contributed by atoms with Crippen molar-refractivity contribution < 1.29 is 20.4 Å². The summed E-state index contributed by atoms with van der Waals surface area (Å²) in [5.74, 6) is -0.848. The van der Waals surface area contributed by atoms with E-state index in [2.05, 4.69) is 26.9 Å². The average molecular weight is 393 g/mol. The van der Waals surface area contributed by atoms with E-state index in [1.165, 1.54) is 37.5 Å². The molecule has 0 atom stereocenters. The van der Waals surface area contributed by atoms with Crippen LogP contribution in [0.4, 0.5) is 5.82 Å². The molecule has 3 aromatic rings. The Labute approximate surface area is 166 Å². The normalized spacial score (nSPS) is 11.3. The van der Waals surface area contributed by atoms with E-state index in [4.69, 9.17) is 5.73 Å². The number of benzene rings is 2. The van der Waals surface area contributed by atoms with Crippen molar-refractivity contribution in [3.8, 4) is 45.5 Å². The van der Waals surface area contributed by atoms with Gasteiger partial charge in [0.25, 0.3) is 0 Å². The highest BCUT2D eigenvalue weighted by molar-refractivity contribution is 6.01. The predicted octanol–water partition coefficient (Wildman–Crippen LogP) is 2.52. The molecule has 9 nitrogen and oxygen atoms in total. The Morgan fingerprint density at radius 3 is 1.90 bits per heavy atom. The Kier molecular flexibility index (Phi) is 5.22. The molecule has 0 radical (unpaired) electrons. The van der Waals surface area contributed by atoms with Crippen LogP contribution in [-0.4, -0.2) is 43.3 Å². The van der Waals surface area contributed by atoms with Gasteiger partial charge in [0.1, 0.15) is 11.5 Å². The molecule has 0 bridgehead atoms. The Hall–Kier alpha value is -4.27. The van der Waals surface area contributed by atoms with Crippen molar-refractivity contribution in [1.82, 2.24) is 9.97 Å². The Bertz CT molecular complexity index is 1130. The van der Waals surface area contributed by atoms with Gasteiger partial charge in [-0.3, -0.25) is 4.99 Å². The first-order valence-corrected chi connectivity index (χ1v) is 8.42. The predicted molar refractivity (Wildman–Crippen MR) is 110 cm³/mol. The van der Waals surface area contributed by atoms with E-state index >= 15 is 0 Å². The van der Waals surface area contributed by atoms with Gasteiger partial charge in [-0.05, 0) is 42.6 Å². The fraction of sp³-hybridized carbons (Fsp3) is 0.0500. The van der Waals surface area contributed by atoms with Crippen molar-refractivity contribution in [2.24, 2.45) is 10.7 Å². The van der Waals surface area contributed by atoms with Gasteiger partial charge in [0.05, 0.1) is 11.4 Å². The monoisotopic (exact) mass is 393 g/mol. The molecule has 0 saturated carbocycles. The summed E-state index contributed by atoms with van der Waals surface area (Å²) < 4.78 is 0. The molecule has 2 aromatic carbocycles. The summed E-state index contributed by atoms with van der Waals surface area (Å²) in [7, 11) is 1.51. The van der Waals surface area contributed by atoms with Gasteiger partial charge >= 0.3 is 0 Å². The summed E-state index contributed by atoms with van der Waals surface area (Å²) >= 11 is 0. The highest BCUT2D eigenvalue weighted by Crippen LogP contribution is 2.38. The minimum Gasteiger partial charge on any atom is -0.504 e. The molecular weight excluding hydrogens is 374 g/mol. The smallest absolute Gasteiger partial charge is 0.160 e. The van der Waals surface area contributed by atoms with Crippen molar-refractivity contribution >= 4 is 11.7 Å². The molecule has 3 rings (SSSR count). The van der Waals surface area contributed by atoms with E-state index in [0.717, 1.165) is 0 Å². The highest BCUT2D eigenvalue weighted by atomic mass is 16.3. The number of hydrogen-bond donors (Lipinski definition) is 6. The second kappa shape index (κ2) is 7.77. The van der Waals surface area contributed by atoms with Gasteiger partial charge < -0.3 is 31.5 Å². The van der Waals surface area contributed by atoms with Gasteiger partial charge in [0.15, 0.2) is 28.8 Å². The standard InChI is InChI=1S/C20H19N5O4/c1-3-23-20-18(19(21)22-2)24-16(10-4-6-12(26)14(28)8-10)17(25-20)11-5-7-13(27)15(29)9-11/h3-9,26-29H,1H2,2H3,(H2,21,22)(H,23,25). The maximum absolute atomic E-state index is 9.92. The van der Waals surface area contributed by atoms with Crippen LogP contribution in [0.1, 0.15) is 5.69 Å². The van der Waals surface area contributed by atoms with Crippen molar-refractivity contribution in [1.29, 1.82) is 0 Å². The zero-order chi connectivity index (χ0) is 21.1. The van der Waals surface area contributed by atoms with Crippen LogP contribution in [0.25, 0.3) is 22.5 Å². The van der Waals surface area contributed by atoms with Crippen molar-refractivity contribution in [2.45, 2.75) is 0 Å².